The first-order valence-corrected chi connectivity index (χ1v) is 12.8. The van der Waals surface area contributed by atoms with E-state index in [1.54, 1.807) is 34.6 Å². The summed E-state index contributed by atoms with van der Waals surface area (Å²) in [6.45, 7) is 7.78. The fraction of sp³-hybridized carbons (Fsp3) is 0.520. The number of nitro groups is 1. The van der Waals surface area contributed by atoms with Crippen molar-refractivity contribution in [2.45, 2.75) is 75.9 Å². The maximum atomic E-state index is 13.6. The molecule has 8 nitrogen and oxygen atoms in total. The van der Waals surface area contributed by atoms with Gasteiger partial charge in [0, 0.05) is 41.1 Å². The van der Waals surface area contributed by atoms with Gasteiger partial charge in [0.1, 0.15) is 11.3 Å². The lowest BCUT2D eigenvalue weighted by molar-refractivity contribution is -0.385. The molecule has 182 valence electrons. The number of hydrogen-bond donors (Lipinski definition) is 1. The Morgan fingerprint density at radius 1 is 1.26 bits per heavy atom. The number of anilines is 1. The maximum Gasteiger partial charge on any atom is 0.337 e. The van der Waals surface area contributed by atoms with Gasteiger partial charge < -0.3 is 10.1 Å². The third-order valence-corrected chi connectivity index (χ3v) is 7.57. The number of benzene rings is 1. The standard InChI is InChI=1S/C25H32N4O4S/c1-14(2)34-16(4)33-25(30)20-15(3)26-24-22(23(27-28(24)5)17-10-6-7-11-17)21(20)18-12-8-9-13-19(18)29(31)32/h8-9,12-14,16-17,21,26H,6-7,10-11H2,1-5H3. The number of fused-ring (bicyclic) bond motifs is 1. The first-order chi connectivity index (χ1) is 16.2. The Labute approximate surface area is 204 Å². The van der Waals surface area contributed by atoms with Crippen molar-refractivity contribution < 1.29 is 14.5 Å². The van der Waals surface area contributed by atoms with Gasteiger partial charge in [0.25, 0.3) is 5.69 Å². The van der Waals surface area contributed by atoms with E-state index in [9.17, 15) is 14.9 Å². The van der Waals surface area contributed by atoms with Crippen LogP contribution in [0.1, 0.15) is 82.0 Å². The molecule has 34 heavy (non-hydrogen) atoms. The molecular formula is C25H32N4O4S. The number of thioether (sulfide) groups is 1. The summed E-state index contributed by atoms with van der Waals surface area (Å²) in [6, 6.07) is 6.68. The molecule has 0 amide bonds. The summed E-state index contributed by atoms with van der Waals surface area (Å²) in [4.78, 5) is 25.2. The number of aryl methyl sites for hydroxylation is 1. The van der Waals surface area contributed by atoms with Gasteiger partial charge >= 0.3 is 5.97 Å². The fourth-order valence-electron chi connectivity index (χ4n) is 5.21. The monoisotopic (exact) mass is 484 g/mol. The molecule has 0 spiro atoms. The van der Waals surface area contributed by atoms with Crippen LogP contribution in [0.3, 0.4) is 0 Å². The van der Waals surface area contributed by atoms with Crippen molar-refractivity contribution >= 4 is 29.2 Å². The highest BCUT2D eigenvalue weighted by Gasteiger charge is 2.42. The normalized spacial score (nSPS) is 19.2. The first kappa shape index (κ1) is 24.3. The largest absolute Gasteiger partial charge is 0.448 e. The minimum absolute atomic E-state index is 0.00993. The molecule has 2 unspecified atom stereocenters. The van der Waals surface area contributed by atoms with Crippen LogP contribution >= 0.6 is 11.8 Å². The summed E-state index contributed by atoms with van der Waals surface area (Å²) in [6.07, 6.45) is 4.32. The number of ether oxygens (including phenoxy) is 1. The predicted molar refractivity (Wildman–Crippen MR) is 134 cm³/mol. The van der Waals surface area contributed by atoms with Gasteiger partial charge in [-0.15, -0.1) is 11.8 Å². The molecule has 2 heterocycles. The molecule has 2 aliphatic rings. The predicted octanol–water partition coefficient (Wildman–Crippen LogP) is 5.85. The van der Waals surface area contributed by atoms with Crippen LogP contribution < -0.4 is 5.32 Å². The number of hydrogen-bond acceptors (Lipinski definition) is 7. The van der Waals surface area contributed by atoms with Crippen LogP contribution in [-0.4, -0.2) is 31.4 Å². The van der Waals surface area contributed by atoms with Crippen LogP contribution in [-0.2, 0) is 16.6 Å². The van der Waals surface area contributed by atoms with Gasteiger partial charge in [0.2, 0.25) is 0 Å². The highest BCUT2D eigenvalue weighted by Crippen LogP contribution is 2.49. The summed E-state index contributed by atoms with van der Waals surface area (Å²) in [7, 11) is 1.87. The molecule has 9 heteroatoms. The molecule has 2 aromatic rings. The van der Waals surface area contributed by atoms with Gasteiger partial charge in [0.05, 0.1) is 22.1 Å². The van der Waals surface area contributed by atoms with Crippen LogP contribution in [0.5, 0.6) is 0 Å². The van der Waals surface area contributed by atoms with E-state index in [4.69, 9.17) is 9.84 Å². The fourth-order valence-corrected chi connectivity index (χ4v) is 6.12. The third kappa shape index (κ3) is 4.58. The van der Waals surface area contributed by atoms with E-state index in [1.807, 2.05) is 34.7 Å². The zero-order chi connectivity index (χ0) is 24.6. The number of nitro benzene ring substituents is 1. The summed E-state index contributed by atoms with van der Waals surface area (Å²) in [5.74, 6) is -0.0385. The van der Waals surface area contributed by atoms with Crippen LogP contribution in [0.25, 0.3) is 0 Å². The zero-order valence-corrected chi connectivity index (χ0v) is 21.1. The van der Waals surface area contributed by atoms with E-state index in [0.29, 0.717) is 22.1 Å². The molecule has 1 aromatic heterocycles. The van der Waals surface area contributed by atoms with Gasteiger partial charge in [-0.3, -0.25) is 14.8 Å². The Kier molecular flexibility index (Phi) is 7.02. The molecular weight excluding hydrogens is 452 g/mol. The summed E-state index contributed by atoms with van der Waals surface area (Å²) < 4.78 is 7.64. The Hall–Kier alpha value is -2.81. The number of nitrogens with zero attached hydrogens (tertiary/aromatic N) is 3. The second kappa shape index (κ2) is 9.82. The van der Waals surface area contributed by atoms with Gasteiger partial charge in [-0.1, -0.05) is 44.9 Å². The van der Waals surface area contributed by atoms with Crippen molar-refractivity contribution in [3.05, 3.63) is 62.5 Å². The van der Waals surface area contributed by atoms with E-state index in [2.05, 4.69) is 5.32 Å². The lowest BCUT2D eigenvalue weighted by atomic mass is 9.79. The maximum absolute atomic E-state index is 13.6. The molecule has 1 aliphatic heterocycles. The van der Waals surface area contributed by atoms with E-state index >= 15 is 0 Å². The third-order valence-electron chi connectivity index (χ3n) is 6.54. The number of esters is 1. The number of rotatable bonds is 7. The molecule has 1 aromatic carbocycles. The van der Waals surface area contributed by atoms with Crippen molar-refractivity contribution in [1.82, 2.24) is 9.78 Å². The quantitative estimate of drug-likeness (QED) is 0.228. The number of aromatic nitrogens is 2. The van der Waals surface area contributed by atoms with Crippen molar-refractivity contribution in [2.24, 2.45) is 7.05 Å². The summed E-state index contributed by atoms with van der Waals surface area (Å²) >= 11 is 1.56. The van der Waals surface area contributed by atoms with Gasteiger partial charge in [-0.2, -0.15) is 5.10 Å². The number of allylic oxidation sites excluding steroid dienone is 1. The van der Waals surface area contributed by atoms with Crippen LogP contribution in [0.4, 0.5) is 11.5 Å². The second-order valence-corrected chi connectivity index (χ2v) is 11.2. The lowest BCUT2D eigenvalue weighted by Crippen LogP contribution is -2.27. The molecule has 0 saturated heterocycles. The highest BCUT2D eigenvalue weighted by atomic mass is 32.2. The molecule has 0 bridgehead atoms. The minimum atomic E-state index is -0.633. The molecule has 1 N–H and O–H groups in total. The Balaban J connectivity index is 1.89. The number of carbonyl (C=O) groups is 1. The minimum Gasteiger partial charge on any atom is -0.448 e. The Morgan fingerprint density at radius 2 is 1.94 bits per heavy atom. The van der Waals surface area contributed by atoms with E-state index in [-0.39, 0.29) is 22.0 Å². The summed E-state index contributed by atoms with van der Waals surface area (Å²) in [5, 5.41) is 20.5. The van der Waals surface area contributed by atoms with Gasteiger partial charge in [0.15, 0.2) is 0 Å². The first-order valence-electron chi connectivity index (χ1n) is 11.8. The second-order valence-electron chi connectivity index (χ2n) is 9.32. The van der Waals surface area contributed by atoms with Crippen LogP contribution in [0.2, 0.25) is 0 Å². The van der Waals surface area contributed by atoms with Crippen molar-refractivity contribution in [2.75, 3.05) is 5.32 Å². The average Bonchev–Trinajstić information content (AvgIpc) is 3.40. The van der Waals surface area contributed by atoms with Crippen molar-refractivity contribution in [1.29, 1.82) is 0 Å². The number of carbonyl (C=O) groups excluding carboxylic acids is 1. The van der Waals surface area contributed by atoms with Crippen LogP contribution in [0, 0.1) is 10.1 Å². The average molecular weight is 485 g/mol. The smallest absolute Gasteiger partial charge is 0.337 e. The molecule has 4 rings (SSSR count). The lowest BCUT2D eigenvalue weighted by Gasteiger charge is -2.30. The molecule has 0 radical (unpaired) electrons. The molecule has 2 atom stereocenters. The van der Waals surface area contributed by atoms with Crippen molar-refractivity contribution in [3.8, 4) is 0 Å². The van der Waals surface area contributed by atoms with Crippen molar-refractivity contribution in [3.63, 3.8) is 0 Å². The van der Waals surface area contributed by atoms with E-state index in [0.717, 1.165) is 42.8 Å². The summed E-state index contributed by atoms with van der Waals surface area (Å²) in [5.41, 5.74) is 2.94. The molecule has 1 fully saturated rings. The van der Waals surface area contributed by atoms with Gasteiger partial charge in [-0.25, -0.2) is 4.79 Å². The number of para-hydroxylation sites is 1. The molecule has 1 saturated carbocycles. The zero-order valence-electron chi connectivity index (χ0n) is 20.3. The molecule has 1 aliphatic carbocycles. The van der Waals surface area contributed by atoms with Crippen LogP contribution in [0.15, 0.2) is 35.5 Å². The number of nitrogens with one attached hydrogen (secondary N) is 1. The Bertz CT molecular complexity index is 1130. The Morgan fingerprint density at radius 3 is 2.59 bits per heavy atom. The SMILES string of the molecule is CC1=C(C(=O)OC(C)SC(C)C)C(c2ccccc2[N+](=O)[O-])c2c(C3CCCC3)nn(C)c2N1. The van der Waals surface area contributed by atoms with Gasteiger partial charge in [-0.05, 0) is 26.7 Å². The topological polar surface area (TPSA) is 99.3 Å². The van der Waals surface area contributed by atoms with E-state index in [1.165, 1.54) is 6.07 Å². The highest BCUT2D eigenvalue weighted by molar-refractivity contribution is 8.00. The van der Waals surface area contributed by atoms with E-state index < -0.39 is 11.9 Å².